The Morgan fingerprint density at radius 2 is 2.10 bits per heavy atom. The molecule has 0 bridgehead atoms. The Balaban J connectivity index is 2.18. The van der Waals surface area contributed by atoms with Gasteiger partial charge in [-0.3, -0.25) is 0 Å². The number of hydrogen-bond donors (Lipinski definition) is 0. The summed E-state index contributed by atoms with van der Waals surface area (Å²) in [5.41, 5.74) is 0.776. The van der Waals surface area contributed by atoms with Gasteiger partial charge in [-0.2, -0.15) is 4.40 Å². The minimum Gasteiger partial charge on any atom is -0.493 e. The summed E-state index contributed by atoms with van der Waals surface area (Å²) in [6.07, 6.45) is 2.41. The maximum atomic E-state index is 13.9. The van der Waals surface area contributed by atoms with Gasteiger partial charge in [0.05, 0.1) is 17.1 Å². The summed E-state index contributed by atoms with van der Waals surface area (Å²) >= 11 is 0. The van der Waals surface area contributed by atoms with Crippen molar-refractivity contribution in [1.29, 1.82) is 0 Å². The van der Waals surface area contributed by atoms with Gasteiger partial charge < -0.3 is 4.74 Å². The highest BCUT2D eigenvalue weighted by Crippen LogP contribution is 2.30. The second-order valence-electron chi connectivity index (χ2n) is 6.43. The van der Waals surface area contributed by atoms with Gasteiger partial charge in [0.15, 0.2) is 0 Å². The van der Waals surface area contributed by atoms with Crippen molar-refractivity contribution in [3.05, 3.63) is 29.6 Å². The molecule has 1 fully saturated rings. The molecule has 0 aliphatic heterocycles. The van der Waals surface area contributed by atoms with Crippen LogP contribution < -0.4 is 4.74 Å². The fourth-order valence-electron chi connectivity index (χ4n) is 1.68. The van der Waals surface area contributed by atoms with Crippen LogP contribution in [0, 0.1) is 11.7 Å². The summed E-state index contributed by atoms with van der Waals surface area (Å²) in [7, 11) is -1.40. The van der Waals surface area contributed by atoms with Crippen LogP contribution >= 0.6 is 0 Å². The molecule has 0 aromatic heterocycles. The number of ether oxygens (including phenoxy) is 1. The molecule has 116 valence electrons. The predicted octanol–water partition coefficient (Wildman–Crippen LogP) is 3.89. The lowest BCUT2D eigenvalue weighted by molar-refractivity contribution is 0.299. The van der Waals surface area contributed by atoms with E-state index in [4.69, 9.17) is 4.74 Å². The average Bonchev–Trinajstić information content (AvgIpc) is 3.20. The fraction of sp³-hybridized carbons (Fsp3) is 0.562. The van der Waals surface area contributed by atoms with Gasteiger partial charge in [-0.15, -0.1) is 0 Å². The third-order valence-corrected chi connectivity index (χ3v) is 4.74. The summed E-state index contributed by atoms with van der Waals surface area (Å²) in [5.74, 6) is 0.900. The van der Waals surface area contributed by atoms with Crippen LogP contribution in [0.15, 0.2) is 22.6 Å². The summed E-state index contributed by atoms with van der Waals surface area (Å²) in [4.78, 5) is 0. The Kier molecular flexibility index (Phi) is 4.81. The Morgan fingerprint density at radius 3 is 2.67 bits per heavy atom. The molecule has 0 radical (unpaired) electrons. The summed E-state index contributed by atoms with van der Waals surface area (Å²) in [5, 5.41) is 0. The van der Waals surface area contributed by atoms with E-state index in [9.17, 15) is 8.60 Å². The Bertz CT molecular complexity index is 574. The maximum absolute atomic E-state index is 13.9. The van der Waals surface area contributed by atoms with Crippen LogP contribution in [0.1, 0.15) is 46.1 Å². The van der Waals surface area contributed by atoms with Gasteiger partial charge in [0.1, 0.15) is 22.6 Å². The molecule has 21 heavy (non-hydrogen) atoms. The molecule has 0 N–H and O–H groups in total. The van der Waals surface area contributed by atoms with Crippen molar-refractivity contribution in [2.75, 3.05) is 6.61 Å². The molecule has 1 aliphatic carbocycles. The second kappa shape index (κ2) is 6.26. The third kappa shape index (κ3) is 4.63. The normalized spacial score (nSPS) is 17.7. The van der Waals surface area contributed by atoms with Crippen LogP contribution in [0.4, 0.5) is 4.39 Å². The van der Waals surface area contributed by atoms with Crippen LogP contribution in [-0.2, 0) is 11.0 Å². The molecule has 1 aromatic carbocycles. The number of hydrogen-bond acceptors (Lipinski definition) is 2. The zero-order valence-corrected chi connectivity index (χ0v) is 13.8. The van der Waals surface area contributed by atoms with Crippen LogP contribution in [0.5, 0.6) is 5.75 Å². The van der Waals surface area contributed by atoms with E-state index in [1.807, 2.05) is 20.8 Å². The highest BCUT2D eigenvalue weighted by Gasteiger charge is 2.22. The molecular weight excluding hydrogens is 289 g/mol. The molecule has 1 atom stereocenters. The Labute approximate surface area is 128 Å². The van der Waals surface area contributed by atoms with E-state index in [-0.39, 0.29) is 5.82 Å². The van der Waals surface area contributed by atoms with Crippen molar-refractivity contribution in [2.45, 2.75) is 45.3 Å². The van der Waals surface area contributed by atoms with Crippen molar-refractivity contribution < 1.29 is 13.3 Å². The zero-order valence-electron chi connectivity index (χ0n) is 13.0. The first kappa shape index (κ1) is 16.1. The van der Waals surface area contributed by atoms with Crippen molar-refractivity contribution in [1.82, 2.24) is 0 Å². The van der Waals surface area contributed by atoms with Gasteiger partial charge in [-0.25, -0.2) is 8.60 Å². The summed E-state index contributed by atoms with van der Waals surface area (Å²) in [6, 6.07) is 4.63. The Morgan fingerprint density at radius 1 is 1.43 bits per heavy atom. The van der Waals surface area contributed by atoms with Gasteiger partial charge in [0.25, 0.3) is 0 Å². The molecule has 1 aliphatic rings. The molecule has 0 saturated heterocycles. The Hall–Kier alpha value is -1.23. The lowest BCUT2D eigenvalue weighted by Crippen LogP contribution is -2.20. The van der Waals surface area contributed by atoms with E-state index in [0.717, 1.165) is 0 Å². The summed E-state index contributed by atoms with van der Waals surface area (Å²) < 4.78 is 35.3. The van der Waals surface area contributed by atoms with Gasteiger partial charge in [-0.05, 0) is 64.7 Å². The lowest BCUT2D eigenvalue weighted by atomic mass is 10.1. The van der Waals surface area contributed by atoms with Gasteiger partial charge in [-0.1, -0.05) is 0 Å². The molecule has 0 amide bonds. The molecule has 3 nitrogen and oxygen atoms in total. The first-order chi connectivity index (χ1) is 9.77. The molecular formula is C16H22FNO2S. The fourth-order valence-corrected chi connectivity index (χ4v) is 2.30. The largest absolute Gasteiger partial charge is 0.493 e. The number of halogens is 1. The minimum absolute atomic E-state index is 0.348. The molecule has 1 saturated carbocycles. The monoisotopic (exact) mass is 311 g/mol. The number of nitrogens with zero attached hydrogens (tertiary/aromatic N) is 1. The minimum atomic E-state index is -1.40. The van der Waals surface area contributed by atoms with Crippen molar-refractivity contribution in [2.24, 2.45) is 10.3 Å². The molecule has 5 heteroatoms. The zero-order chi connectivity index (χ0) is 15.6. The smallest absolute Gasteiger partial charge is 0.145 e. The third-order valence-electron chi connectivity index (χ3n) is 3.25. The molecule has 0 spiro atoms. The van der Waals surface area contributed by atoms with E-state index in [1.54, 1.807) is 19.1 Å². The number of rotatable bonds is 5. The van der Waals surface area contributed by atoms with Gasteiger partial charge in [0.2, 0.25) is 0 Å². The molecule has 1 aromatic rings. The second-order valence-corrected chi connectivity index (χ2v) is 8.34. The molecule has 0 heterocycles. The number of benzene rings is 1. The van der Waals surface area contributed by atoms with Crippen molar-refractivity contribution in [3.8, 4) is 5.75 Å². The first-order valence-corrected chi connectivity index (χ1v) is 8.28. The highest BCUT2D eigenvalue weighted by atomic mass is 32.2. The highest BCUT2D eigenvalue weighted by molar-refractivity contribution is 7.85. The van der Waals surface area contributed by atoms with Crippen LogP contribution in [0.3, 0.4) is 0 Å². The average molecular weight is 311 g/mol. The first-order valence-electron chi connectivity index (χ1n) is 7.17. The summed E-state index contributed by atoms with van der Waals surface area (Å²) in [6.45, 7) is 7.87. The van der Waals surface area contributed by atoms with Crippen LogP contribution in [-0.4, -0.2) is 21.3 Å². The van der Waals surface area contributed by atoms with Crippen LogP contribution in [0.25, 0.3) is 0 Å². The van der Waals surface area contributed by atoms with E-state index >= 15 is 0 Å². The van der Waals surface area contributed by atoms with Gasteiger partial charge in [0, 0.05) is 5.56 Å². The van der Waals surface area contributed by atoms with E-state index in [1.165, 1.54) is 18.9 Å². The molecule has 2 rings (SSSR count). The SMILES string of the molecule is CC(=N[S@@](=O)C(C)(C)C)c1cc(OCC2CC2)ccc1F. The predicted molar refractivity (Wildman–Crippen MR) is 84.7 cm³/mol. The lowest BCUT2D eigenvalue weighted by Gasteiger charge is -2.14. The molecule has 0 unspecified atom stereocenters. The maximum Gasteiger partial charge on any atom is 0.145 e. The van der Waals surface area contributed by atoms with Crippen molar-refractivity contribution in [3.63, 3.8) is 0 Å². The van der Waals surface area contributed by atoms with Gasteiger partial charge >= 0.3 is 0 Å². The van der Waals surface area contributed by atoms with Crippen LogP contribution in [0.2, 0.25) is 0 Å². The van der Waals surface area contributed by atoms with Crippen molar-refractivity contribution >= 4 is 16.7 Å². The van der Waals surface area contributed by atoms with E-state index < -0.39 is 15.7 Å². The van der Waals surface area contributed by atoms with E-state index in [0.29, 0.717) is 29.5 Å². The quantitative estimate of drug-likeness (QED) is 0.774. The van der Waals surface area contributed by atoms with E-state index in [2.05, 4.69) is 4.40 Å². The standard InChI is InChI=1S/C16H22FNO2S/c1-11(18-21(19)16(2,3)4)14-9-13(7-8-15(14)17)20-10-12-5-6-12/h7-9,12H,5-6,10H2,1-4H3/t21-/m0/s1. The topological polar surface area (TPSA) is 38.7 Å².